The molecule has 0 amide bonds. The summed E-state index contributed by atoms with van der Waals surface area (Å²) in [7, 11) is 0. The van der Waals surface area contributed by atoms with Gasteiger partial charge in [0.05, 0.1) is 0 Å². The molecular formula is C23H15ClS. The maximum absolute atomic E-state index is 6.05. The SMILES string of the molecule is Clc1ccc(-c2cccc3c2C=C(c2cc4ccccc4s2)C3)cc1. The molecule has 1 aliphatic carbocycles. The lowest BCUT2D eigenvalue weighted by Gasteiger charge is -2.07. The molecule has 0 radical (unpaired) electrons. The van der Waals surface area contributed by atoms with Crippen molar-refractivity contribution in [1.29, 1.82) is 0 Å². The standard InChI is InChI=1S/C23H15ClS/c24-19-10-8-15(9-11-19)20-6-3-5-16-12-18(13-21(16)20)23-14-17-4-1-2-7-22(17)25-23/h1-11,13-14H,12H2. The Morgan fingerprint density at radius 2 is 1.68 bits per heavy atom. The first-order valence-corrected chi connectivity index (χ1v) is 9.55. The summed E-state index contributed by atoms with van der Waals surface area (Å²) in [6.45, 7) is 0. The second-order valence-electron chi connectivity index (χ2n) is 6.38. The van der Waals surface area contributed by atoms with Crippen LogP contribution in [0.4, 0.5) is 0 Å². The molecule has 1 aromatic heterocycles. The van der Waals surface area contributed by atoms with Crippen molar-refractivity contribution in [3.05, 3.63) is 93.8 Å². The Kier molecular flexibility index (Phi) is 3.51. The zero-order valence-corrected chi connectivity index (χ0v) is 15.1. The van der Waals surface area contributed by atoms with Crippen molar-refractivity contribution in [2.75, 3.05) is 0 Å². The highest BCUT2D eigenvalue weighted by Gasteiger charge is 2.19. The number of benzene rings is 3. The molecular weight excluding hydrogens is 344 g/mol. The lowest BCUT2D eigenvalue weighted by atomic mass is 9.97. The highest BCUT2D eigenvalue weighted by molar-refractivity contribution is 7.20. The van der Waals surface area contributed by atoms with Gasteiger partial charge >= 0.3 is 0 Å². The van der Waals surface area contributed by atoms with E-state index in [-0.39, 0.29) is 0 Å². The monoisotopic (exact) mass is 358 g/mol. The molecule has 2 heteroatoms. The molecule has 0 nitrogen and oxygen atoms in total. The van der Waals surface area contributed by atoms with Gasteiger partial charge in [0, 0.05) is 14.6 Å². The van der Waals surface area contributed by atoms with Crippen molar-refractivity contribution in [1.82, 2.24) is 0 Å². The predicted molar refractivity (Wildman–Crippen MR) is 110 cm³/mol. The highest BCUT2D eigenvalue weighted by Crippen LogP contribution is 2.40. The molecule has 1 heterocycles. The number of hydrogen-bond acceptors (Lipinski definition) is 1. The van der Waals surface area contributed by atoms with E-state index in [0.717, 1.165) is 11.4 Å². The van der Waals surface area contributed by atoms with Crippen molar-refractivity contribution in [3.63, 3.8) is 0 Å². The second-order valence-corrected chi connectivity index (χ2v) is 7.90. The van der Waals surface area contributed by atoms with Gasteiger partial charge in [-0.05, 0) is 70.0 Å². The van der Waals surface area contributed by atoms with Crippen LogP contribution in [-0.4, -0.2) is 0 Å². The van der Waals surface area contributed by atoms with Gasteiger partial charge in [0.15, 0.2) is 0 Å². The van der Waals surface area contributed by atoms with Gasteiger partial charge in [0.2, 0.25) is 0 Å². The van der Waals surface area contributed by atoms with Crippen LogP contribution < -0.4 is 0 Å². The van der Waals surface area contributed by atoms with E-state index in [4.69, 9.17) is 11.6 Å². The Labute approximate surface area is 156 Å². The van der Waals surface area contributed by atoms with Crippen molar-refractivity contribution in [2.24, 2.45) is 0 Å². The Hall–Kier alpha value is -2.35. The van der Waals surface area contributed by atoms with Crippen LogP contribution in [0.1, 0.15) is 16.0 Å². The zero-order chi connectivity index (χ0) is 16.8. The quantitative estimate of drug-likeness (QED) is 0.352. The minimum Gasteiger partial charge on any atom is -0.136 e. The molecule has 0 saturated carbocycles. The molecule has 25 heavy (non-hydrogen) atoms. The molecule has 120 valence electrons. The summed E-state index contributed by atoms with van der Waals surface area (Å²) >= 11 is 7.93. The van der Waals surface area contributed by atoms with Gasteiger partial charge in [-0.2, -0.15) is 0 Å². The smallest absolute Gasteiger partial charge is 0.0406 e. The van der Waals surface area contributed by atoms with Crippen LogP contribution in [0.5, 0.6) is 0 Å². The molecule has 5 rings (SSSR count). The summed E-state index contributed by atoms with van der Waals surface area (Å²) in [5.41, 5.74) is 6.66. The fourth-order valence-corrected chi connectivity index (χ4v) is 4.75. The first-order valence-electron chi connectivity index (χ1n) is 8.35. The van der Waals surface area contributed by atoms with Crippen molar-refractivity contribution in [3.8, 4) is 11.1 Å². The molecule has 0 atom stereocenters. The zero-order valence-electron chi connectivity index (χ0n) is 13.5. The number of thiophene rings is 1. The van der Waals surface area contributed by atoms with Crippen LogP contribution in [0, 0.1) is 0 Å². The molecule has 1 aliphatic rings. The van der Waals surface area contributed by atoms with Crippen LogP contribution >= 0.6 is 22.9 Å². The highest BCUT2D eigenvalue weighted by atomic mass is 35.5. The summed E-state index contributed by atoms with van der Waals surface area (Å²) in [4.78, 5) is 1.37. The van der Waals surface area contributed by atoms with E-state index in [1.807, 2.05) is 23.5 Å². The summed E-state index contributed by atoms with van der Waals surface area (Å²) in [6, 6.07) is 25.6. The minimum atomic E-state index is 0.776. The summed E-state index contributed by atoms with van der Waals surface area (Å²) in [6.07, 6.45) is 3.37. The second kappa shape index (κ2) is 5.87. The van der Waals surface area contributed by atoms with Gasteiger partial charge in [0.1, 0.15) is 0 Å². The normalized spacial score (nSPS) is 13.1. The minimum absolute atomic E-state index is 0.776. The third-order valence-corrected chi connectivity index (χ3v) is 6.24. The number of hydrogen-bond donors (Lipinski definition) is 0. The Morgan fingerprint density at radius 1 is 0.840 bits per heavy atom. The first kappa shape index (κ1) is 14.9. The summed E-state index contributed by atoms with van der Waals surface area (Å²) in [5.74, 6) is 0. The van der Waals surface area contributed by atoms with E-state index in [0.29, 0.717) is 0 Å². The first-order chi connectivity index (χ1) is 12.3. The Balaban J connectivity index is 1.61. The summed E-state index contributed by atoms with van der Waals surface area (Å²) < 4.78 is 1.35. The molecule has 4 aromatic rings. The molecule has 0 spiro atoms. The lowest BCUT2D eigenvalue weighted by molar-refractivity contribution is 1.33. The van der Waals surface area contributed by atoms with Gasteiger partial charge in [0.25, 0.3) is 0 Å². The van der Waals surface area contributed by atoms with Gasteiger partial charge in [-0.1, -0.05) is 60.1 Å². The lowest BCUT2D eigenvalue weighted by Crippen LogP contribution is -1.87. The number of fused-ring (bicyclic) bond motifs is 2. The number of halogens is 1. The topological polar surface area (TPSA) is 0 Å². The van der Waals surface area contributed by atoms with Crippen LogP contribution in [0.3, 0.4) is 0 Å². The third-order valence-electron chi connectivity index (χ3n) is 4.79. The maximum Gasteiger partial charge on any atom is 0.0406 e. The molecule has 0 aliphatic heterocycles. The van der Waals surface area contributed by atoms with E-state index >= 15 is 0 Å². The predicted octanol–water partition coefficient (Wildman–Crippen LogP) is 7.32. The maximum atomic E-state index is 6.05. The largest absolute Gasteiger partial charge is 0.136 e. The fraction of sp³-hybridized carbons (Fsp3) is 0.0435. The molecule has 0 unspecified atom stereocenters. The fourth-order valence-electron chi connectivity index (χ4n) is 3.55. The average Bonchev–Trinajstić information content (AvgIpc) is 3.26. The number of rotatable bonds is 2. The van der Waals surface area contributed by atoms with E-state index in [1.54, 1.807) is 0 Å². The van der Waals surface area contributed by atoms with Crippen molar-refractivity contribution in [2.45, 2.75) is 6.42 Å². The van der Waals surface area contributed by atoms with Crippen LogP contribution in [0.2, 0.25) is 5.02 Å². The van der Waals surface area contributed by atoms with Gasteiger partial charge in [-0.3, -0.25) is 0 Å². The molecule has 0 N–H and O–H groups in total. The molecule has 0 bridgehead atoms. The average molecular weight is 359 g/mol. The van der Waals surface area contributed by atoms with E-state index in [2.05, 4.69) is 66.7 Å². The van der Waals surface area contributed by atoms with Crippen molar-refractivity contribution >= 4 is 44.7 Å². The van der Waals surface area contributed by atoms with Gasteiger partial charge < -0.3 is 0 Å². The summed E-state index contributed by atoms with van der Waals surface area (Å²) in [5, 5.41) is 2.11. The van der Waals surface area contributed by atoms with Gasteiger partial charge in [-0.15, -0.1) is 11.3 Å². The van der Waals surface area contributed by atoms with Gasteiger partial charge in [-0.25, -0.2) is 0 Å². The third kappa shape index (κ3) is 2.60. The van der Waals surface area contributed by atoms with Crippen LogP contribution in [0.15, 0.2) is 72.8 Å². The van der Waals surface area contributed by atoms with Crippen LogP contribution in [-0.2, 0) is 6.42 Å². The molecule has 0 saturated heterocycles. The van der Waals surface area contributed by atoms with E-state index in [9.17, 15) is 0 Å². The Bertz CT molecular complexity index is 1080. The van der Waals surface area contributed by atoms with Crippen LogP contribution in [0.25, 0.3) is 32.9 Å². The van der Waals surface area contributed by atoms with Crippen molar-refractivity contribution < 1.29 is 0 Å². The number of allylic oxidation sites excluding steroid dienone is 1. The molecule has 3 aromatic carbocycles. The van der Waals surface area contributed by atoms with E-state index in [1.165, 1.54) is 42.8 Å². The Morgan fingerprint density at radius 3 is 2.52 bits per heavy atom. The van der Waals surface area contributed by atoms with E-state index < -0.39 is 0 Å². The molecule has 0 fully saturated rings.